The van der Waals surface area contributed by atoms with Crippen LogP contribution in [0.5, 0.6) is 0 Å². The molecule has 0 aliphatic rings. The van der Waals surface area contributed by atoms with Gasteiger partial charge >= 0.3 is 12.0 Å². The van der Waals surface area contributed by atoms with Crippen molar-refractivity contribution < 1.29 is 14.7 Å². The summed E-state index contributed by atoms with van der Waals surface area (Å²) in [4.78, 5) is 23.9. The number of anilines is 1. The van der Waals surface area contributed by atoms with Crippen LogP contribution in [0.15, 0.2) is 24.3 Å². The van der Waals surface area contributed by atoms with Crippen LogP contribution in [0.4, 0.5) is 10.5 Å². The first-order chi connectivity index (χ1) is 9.42. The molecule has 106 valence electrons. The molecule has 1 rings (SSSR count). The first-order valence-electron chi connectivity index (χ1n) is 6.15. The fourth-order valence-electron chi connectivity index (χ4n) is 1.69. The van der Waals surface area contributed by atoms with E-state index in [2.05, 4.69) is 11.4 Å². The number of carbonyl (C=O) groups is 2. The number of nitriles is 1. The Morgan fingerprint density at radius 3 is 2.80 bits per heavy atom. The van der Waals surface area contributed by atoms with Gasteiger partial charge in [0.25, 0.3) is 0 Å². The summed E-state index contributed by atoms with van der Waals surface area (Å²) in [5.41, 5.74) is 1.15. The summed E-state index contributed by atoms with van der Waals surface area (Å²) < 4.78 is 0. The van der Waals surface area contributed by atoms with E-state index in [1.54, 1.807) is 38.2 Å². The number of carbonyl (C=O) groups excluding carboxylic acids is 1. The van der Waals surface area contributed by atoms with Crippen LogP contribution in [0, 0.1) is 17.2 Å². The van der Waals surface area contributed by atoms with E-state index in [0.717, 1.165) is 0 Å². The highest BCUT2D eigenvalue weighted by atomic mass is 16.4. The van der Waals surface area contributed by atoms with Crippen LogP contribution in [0.3, 0.4) is 0 Å². The van der Waals surface area contributed by atoms with Crippen molar-refractivity contribution in [3.05, 3.63) is 29.8 Å². The van der Waals surface area contributed by atoms with Crippen LogP contribution in [0.2, 0.25) is 0 Å². The van der Waals surface area contributed by atoms with Crippen molar-refractivity contribution >= 4 is 17.7 Å². The van der Waals surface area contributed by atoms with E-state index in [-0.39, 0.29) is 18.4 Å². The van der Waals surface area contributed by atoms with Crippen molar-refractivity contribution in [2.75, 3.05) is 18.9 Å². The molecule has 0 saturated carbocycles. The van der Waals surface area contributed by atoms with Gasteiger partial charge in [0, 0.05) is 19.3 Å². The molecular formula is C14H17N3O3. The second-order valence-electron chi connectivity index (χ2n) is 4.61. The Morgan fingerprint density at radius 1 is 1.50 bits per heavy atom. The molecule has 2 amide bonds. The monoisotopic (exact) mass is 275 g/mol. The largest absolute Gasteiger partial charge is 0.481 e. The van der Waals surface area contributed by atoms with Gasteiger partial charge < -0.3 is 15.3 Å². The van der Waals surface area contributed by atoms with Crippen LogP contribution >= 0.6 is 0 Å². The minimum atomic E-state index is -0.923. The number of hydrogen-bond acceptors (Lipinski definition) is 3. The maximum Gasteiger partial charge on any atom is 0.321 e. The summed E-state index contributed by atoms with van der Waals surface area (Å²) >= 11 is 0. The lowest BCUT2D eigenvalue weighted by molar-refractivity contribution is -0.136. The number of hydrogen-bond donors (Lipinski definition) is 2. The third-order valence-electron chi connectivity index (χ3n) is 2.65. The minimum absolute atomic E-state index is 0.0922. The topological polar surface area (TPSA) is 93.4 Å². The standard InChI is InChI=1S/C14H17N3O3/c1-10(8-15)9-17(2)14(20)16-12-5-3-4-11(6-12)7-13(18)19/h3-6,10H,7,9H2,1-2H3,(H,16,20)(H,18,19). The van der Waals surface area contributed by atoms with Crippen LogP contribution in [0.1, 0.15) is 12.5 Å². The van der Waals surface area contributed by atoms with Crippen molar-refractivity contribution in [1.82, 2.24) is 4.90 Å². The lowest BCUT2D eigenvalue weighted by Crippen LogP contribution is -2.34. The number of aliphatic carboxylic acids is 1. The van der Waals surface area contributed by atoms with E-state index in [1.165, 1.54) is 4.90 Å². The molecule has 1 unspecified atom stereocenters. The molecule has 2 N–H and O–H groups in total. The maximum atomic E-state index is 11.9. The van der Waals surface area contributed by atoms with E-state index in [0.29, 0.717) is 17.8 Å². The van der Waals surface area contributed by atoms with Gasteiger partial charge in [0.15, 0.2) is 0 Å². The number of nitrogens with one attached hydrogen (secondary N) is 1. The Bertz CT molecular complexity index is 537. The number of rotatable bonds is 5. The lowest BCUT2D eigenvalue weighted by Gasteiger charge is -2.19. The maximum absolute atomic E-state index is 11.9. The molecule has 6 heteroatoms. The Kier molecular flexibility index (Phi) is 5.54. The molecule has 1 aromatic carbocycles. The summed E-state index contributed by atoms with van der Waals surface area (Å²) in [7, 11) is 1.60. The average molecular weight is 275 g/mol. The Hall–Kier alpha value is -2.55. The SMILES string of the molecule is CC(C#N)CN(C)C(=O)Nc1cccc(CC(=O)O)c1. The van der Waals surface area contributed by atoms with Gasteiger partial charge in [-0.3, -0.25) is 4.79 Å². The van der Waals surface area contributed by atoms with Gasteiger partial charge in [-0.1, -0.05) is 12.1 Å². The third-order valence-corrected chi connectivity index (χ3v) is 2.65. The van der Waals surface area contributed by atoms with Crippen LogP contribution in [-0.4, -0.2) is 35.6 Å². The molecular weight excluding hydrogens is 258 g/mol. The van der Waals surface area contributed by atoms with Crippen molar-refractivity contribution in [2.24, 2.45) is 5.92 Å². The smallest absolute Gasteiger partial charge is 0.321 e. The van der Waals surface area contributed by atoms with E-state index in [4.69, 9.17) is 10.4 Å². The number of nitrogens with zero attached hydrogens (tertiary/aromatic N) is 2. The minimum Gasteiger partial charge on any atom is -0.481 e. The van der Waals surface area contributed by atoms with Gasteiger partial charge in [-0.15, -0.1) is 0 Å². The summed E-state index contributed by atoms with van der Waals surface area (Å²) in [5, 5.41) is 20.1. The Labute approximate surface area is 117 Å². The van der Waals surface area contributed by atoms with E-state index in [9.17, 15) is 9.59 Å². The lowest BCUT2D eigenvalue weighted by atomic mass is 10.1. The second-order valence-corrected chi connectivity index (χ2v) is 4.61. The molecule has 20 heavy (non-hydrogen) atoms. The first-order valence-corrected chi connectivity index (χ1v) is 6.15. The van der Waals surface area contributed by atoms with Crippen LogP contribution < -0.4 is 5.32 Å². The molecule has 0 aromatic heterocycles. The molecule has 0 aliphatic carbocycles. The highest BCUT2D eigenvalue weighted by molar-refractivity contribution is 5.89. The van der Waals surface area contributed by atoms with E-state index in [1.807, 2.05) is 0 Å². The van der Waals surface area contributed by atoms with Gasteiger partial charge in [-0.25, -0.2) is 4.79 Å². The number of amides is 2. The molecule has 1 aromatic rings. The van der Waals surface area contributed by atoms with Gasteiger partial charge in [-0.05, 0) is 24.6 Å². The van der Waals surface area contributed by atoms with Gasteiger partial charge in [-0.2, -0.15) is 5.26 Å². The average Bonchev–Trinajstić information content (AvgIpc) is 2.38. The van der Waals surface area contributed by atoms with E-state index >= 15 is 0 Å². The molecule has 0 aliphatic heterocycles. The van der Waals surface area contributed by atoms with E-state index < -0.39 is 5.97 Å². The summed E-state index contributed by atoms with van der Waals surface area (Å²) in [6, 6.07) is 8.40. The van der Waals surface area contributed by atoms with Gasteiger partial charge in [0.2, 0.25) is 0 Å². The number of benzene rings is 1. The molecule has 0 heterocycles. The van der Waals surface area contributed by atoms with Crippen molar-refractivity contribution in [3.8, 4) is 6.07 Å². The molecule has 6 nitrogen and oxygen atoms in total. The predicted octanol–water partition coefficient (Wildman–Crippen LogP) is 1.94. The van der Waals surface area contributed by atoms with Gasteiger partial charge in [0.05, 0.1) is 18.4 Å². The van der Waals surface area contributed by atoms with Gasteiger partial charge in [0.1, 0.15) is 0 Å². The third kappa shape index (κ3) is 4.98. The molecule has 0 fully saturated rings. The molecule has 1 atom stereocenters. The highest BCUT2D eigenvalue weighted by Crippen LogP contribution is 2.12. The van der Waals surface area contributed by atoms with Crippen molar-refractivity contribution in [2.45, 2.75) is 13.3 Å². The zero-order valence-electron chi connectivity index (χ0n) is 11.5. The Morgan fingerprint density at radius 2 is 2.20 bits per heavy atom. The molecule has 0 bridgehead atoms. The fourth-order valence-corrected chi connectivity index (χ4v) is 1.69. The first kappa shape index (κ1) is 15.5. The fraction of sp³-hybridized carbons (Fsp3) is 0.357. The zero-order chi connectivity index (χ0) is 15.1. The quantitative estimate of drug-likeness (QED) is 0.858. The van der Waals surface area contributed by atoms with Crippen LogP contribution in [-0.2, 0) is 11.2 Å². The number of carboxylic acid groups (broad SMARTS) is 1. The molecule has 0 saturated heterocycles. The molecule has 0 spiro atoms. The Balaban J connectivity index is 2.66. The number of urea groups is 1. The predicted molar refractivity (Wildman–Crippen MR) is 74.2 cm³/mol. The number of carboxylic acids is 1. The van der Waals surface area contributed by atoms with Crippen molar-refractivity contribution in [3.63, 3.8) is 0 Å². The summed E-state index contributed by atoms with van der Waals surface area (Å²) in [6.07, 6.45) is -0.0922. The zero-order valence-corrected chi connectivity index (χ0v) is 11.5. The normalized spacial score (nSPS) is 11.2. The summed E-state index contributed by atoms with van der Waals surface area (Å²) in [6.45, 7) is 2.06. The highest BCUT2D eigenvalue weighted by Gasteiger charge is 2.12. The second kappa shape index (κ2) is 7.14. The van der Waals surface area contributed by atoms with Crippen LogP contribution in [0.25, 0.3) is 0 Å². The summed E-state index contributed by atoms with van der Waals surface area (Å²) in [5.74, 6) is -1.17. The van der Waals surface area contributed by atoms with Crippen molar-refractivity contribution in [1.29, 1.82) is 5.26 Å². The molecule has 0 radical (unpaired) electrons.